The number of aryl methyl sites for hydroxylation is 1. The van der Waals surface area contributed by atoms with E-state index in [2.05, 4.69) is 14.9 Å². The van der Waals surface area contributed by atoms with Crippen molar-refractivity contribution >= 4 is 17.2 Å². The van der Waals surface area contributed by atoms with E-state index in [1.807, 2.05) is 17.9 Å². The Hall–Kier alpha value is -2.74. The molecule has 0 saturated carbocycles. The predicted octanol–water partition coefficient (Wildman–Crippen LogP) is 1.51. The molecule has 0 aliphatic carbocycles. The Kier molecular flexibility index (Phi) is 4.57. The topological polar surface area (TPSA) is 95.6 Å². The molecule has 1 aliphatic heterocycles. The molecule has 8 heteroatoms. The number of nitrogens with zero attached hydrogens (tertiary/aromatic N) is 5. The van der Waals surface area contributed by atoms with Gasteiger partial charge in [-0.3, -0.25) is 10.1 Å². The van der Waals surface area contributed by atoms with Gasteiger partial charge in [0.05, 0.1) is 11.5 Å². The molecule has 0 radical (unpaired) electrons. The summed E-state index contributed by atoms with van der Waals surface area (Å²) in [6.07, 6.45) is 1.74. The van der Waals surface area contributed by atoms with Crippen molar-refractivity contribution in [3.63, 3.8) is 0 Å². The van der Waals surface area contributed by atoms with E-state index in [-0.39, 0.29) is 17.2 Å². The number of hydrogen-bond acceptors (Lipinski definition) is 7. The first-order valence-corrected chi connectivity index (χ1v) is 7.76. The third-order valence-electron chi connectivity index (χ3n) is 4.12. The molecule has 1 saturated heterocycles. The fourth-order valence-electron chi connectivity index (χ4n) is 2.87. The quantitative estimate of drug-likeness (QED) is 0.671. The minimum Gasteiger partial charge on any atom is -0.392 e. The van der Waals surface area contributed by atoms with E-state index < -0.39 is 0 Å². The van der Waals surface area contributed by atoms with Crippen molar-refractivity contribution in [1.29, 1.82) is 0 Å². The summed E-state index contributed by atoms with van der Waals surface area (Å²) in [5.74, 6) is 1.60. The van der Waals surface area contributed by atoms with Crippen LogP contribution >= 0.6 is 0 Å². The van der Waals surface area contributed by atoms with Crippen molar-refractivity contribution in [2.24, 2.45) is 0 Å². The summed E-state index contributed by atoms with van der Waals surface area (Å²) in [4.78, 5) is 23.6. The molecule has 24 heavy (non-hydrogen) atoms. The Bertz CT molecular complexity index is 744. The Morgan fingerprint density at radius 3 is 2.54 bits per heavy atom. The lowest BCUT2D eigenvalue weighted by Gasteiger charge is -2.36. The molecule has 1 N–H and O–H groups in total. The Balaban J connectivity index is 1.78. The number of aliphatic hydroxyl groups is 1. The van der Waals surface area contributed by atoms with Crippen molar-refractivity contribution in [1.82, 2.24) is 9.97 Å². The average molecular weight is 329 g/mol. The zero-order valence-corrected chi connectivity index (χ0v) is 13.4. The molecule has 3 rings (SSSR count). The largest absolute Gasteiger partial charge is 0.392 e. The monoisotopic (exact) mass is 329 g/mol. The molecule has 126 valence electrons. The summed E-state index contributed by atoms with van der Waals surface area (Å²) in [5, 5.41) is 20.6. The van der Waals surface area contributed by atoms with Crippen LogP contribution in [0.15, 0.2) is 30.5 Å². The summed E-state index contributed by atoms with van der Waals surface area (Å²) < 4.78 is 0. The van der Waals surface area contributed by atoms with Crippen molar-refractivity contribution < 1.29 is 10.0 Å². The second-order valence-electron chi connectivity index (χ2n) is 5.67. The SMILES string of the molecule is Cc1nccc(N2CCN(c3cc(CO)ccc3[N+](=O)[O-])CC2)n1. The van der Waals surface area contributed by atoms with Crippen molar-refractivity contribution in [2.75, 3.05) is 36.0 Å². The Morgan fingerprint density at radius 2 is 1.92 bits per heavy atom. The van der Waals surface area contributed by atoms with E-state index in [0.717, 1.165) is 24.7 Å². The number of hydrogen-bond donors (Lipinski definition) is 1. The van der Waals surface area contributed by atoms with Crippen LogP contribution in [0.4, 0.5) is 17.2 Å². The maximum atomic E-state index is 11.3. The summed E-state index contributed by atoms with van der Waals surface area (Å²) in [6, 6.07) is 6.61. The normalized spacial score (nSPS) is 14.8. The minimum atomic E-state index is -0.378. The lowest BCUT2D eigenvalue weighted by molar-refractivity contribution is -0.384. The number of benzene rings is 1. The van der Waals surface area contributed by atoms with Crippen LogP contribution in [0.25, 0.3) is 0 Å². The van der Waals surface area contributed by atoms with Crippen molar-refractivity contribution in [3.8, 4) is 0 Å². The number of rotatable bonds is 4. The molecule has 1 aromatic carbocycles. The first-order chi connectivity index (χ1) is 11.6. The second kappa shape index (κ2) is 6.79. The Morgan fingerprint density at radius 1 is 1.21 bits per heavy atom. The van der Waals surface area contributed by atoms with Gasteiger partial charge in [-0.15, -0.1) is 0 Å². The molecule has 1 aromatic heterocycles. The van der Waals surface area contributed by atoms with Crippen molar-refractivity contribution in [3.05, 3.63) is 52.0 Å². The van der Waals surface area contributed by atoms with E-state index in [1.54, 1.807) is 18.3 Å². The minimum absolute atomic E-state index is 0.0681. The van der Waals surface area contributed by atoms with Gasteiger partial charge in [-0.1, -0.05) is 0 Å². The maximum Gasteiger partial charge on any atom is 0.292 e. The van der Waals surface area contributed by atoms with Gasteiger partial charge in [-0.25, -0.2) is 9.97 Å². The number of aromatic nitrogens is 2. The van der Waals surface area contributed by atoms with E-state index in [0.29, 0.717) is 24.3 Å². The van der Waals surface area contributed by atoms with Gasteiger partial charge in [0.1, 0.15) is 17.3 Å². The van der Waals surface area contributed by atoms with Gasteiger partial charge in [0.2, 0.25) is 0 Å². The van der Waals surface area contributed by atoms with Crippen LogP contribution in [0.3, 0.4) is 0 Å². The molecule has 1 aliphatic rings. The highest BCUT2D eigenvalue weighted by molar-refractivity contribution is 5.65. The van der Waals surface area contributed by atoms with Crippen molar-refractivity contribution in [2.45, 2.75) is 13.5 Å². The third-order valence-corrected chi connectivity index (χ3v) is 4.12. The molecular weight excluding hydrogens is 310 g/mol. The fraction of sp³-hybridized carbons (Fsp3) is 0.375. The van der Waals surface area contributed by atoms with Crippen LogP contribution in [-0.4, -0.2) is 46.2 Å². The van der Waals surface area contributed by atoms with E-state index >= 15 is 0 Å². The molecular formula is C16H19N5O3. The zero-order chi connectivity index (χ0) is 17.1. The van der Waals surface area contributed by atoms with Crippen LogP contribution in [0.5, 0.6) is 0 Å². The second-order valence-corrected chi connectivity index (χ2v) is 5.67. The smallest absolute Gasteiger partial charge is 0.292 e. The van der Waals surface area contributed by atoms with Crippen LogP contribution in [0.1, 0.15) is 11.4 Å². The van der Waals surface area contributed by atoms with Gasteiger partial charge in [0.15, 0.2) is 0 Å². The molecule has 1 fully saturated rings. The van der Waals surface area contributed by atoms with Gasteiger partial charge < -0.3 is 14.9 Å². The molecule has 2 heterocycles. The third kappa shape index (κ3) is 3.28. The van der Waals surface area contributed by atoms with Gasteiger partial charge >= 0.3 is 0 Å². The number of aliphatic hydroxyl groups excluding tert-OH is 1. The Labute approximate surface area is 139 Å². The highest BCUT2D eigenvalue weighted by Crippen LogP contribution is 2.30. The molecule has 0 unspecified atom stereocenters. The molecule has 0 atom stereocenters. The number of anilines is 2. The predicted molar refractivity (Wildman–Crippen MR) is 90.2 cm³/mol. The summed E-state index contributed by atoms with van der Waals surface area (Å²) in [5.41, 5.74) is 1.30. The van der Waals surface area contributed by atoms with Gasteiger partial charge in [-0.05, 0) is 30.7 Å². The molecule has 0 amide bonds. The zero-order valence-electron chi connectivity index (χ0n) is 13.4. The van der Waals surface area contributed by atoms with Crippen LogP contribution < -0.4 is 9.80 Å². The van der Waals surface area contributed by atoms with Gasteiger partial charge in [-0.2, -0.15) is 0 Å². The highest BCUT2D eigenvalue weighted by Gasteiger charge is 2.24. The summed E-state index contributed by atoms with van der Waals surface area (Å²) >= 11 is 0. The van der Waals surface area contributed by atoms with Gasteiger partial charge in [0, 0.05) is 38.4 Å². The molecule has 0 spiro atoms. The summed E-state index contributed by atoms with van der Waals surface area (Å²) in [6.45, 7) is 4.46. The fourth-order valence-corrected chi connectivity index (χ4v) is 2.87. The number of piperazine rings is 1. The molecule has 2 aromatic rings. The summed E-state index contributed by atoms with van der Waals surface area (Å²) in [7, 11) is 0. The highest BCUT2D eigenvalue weighted by atomic mass is 16.6. The van der Waals surface area contributed by atoms with Gasteiger partial charge in [0.25, 0.3) is 5.69 Å². The lowest BCUT2D eigenvalue weighted by atomic mass is 10.1. The van der Waals surface area contributed by atoms with E-state index in [1.165, 1.54) is 6.07 Å². The first-order valence-electron chi connectivity index (χ1n) is 7.76. The maximum absolute atomic E-state index is 11.3. The molecule has 8 nitrogen and oxygen atoms in total. The van der Waals surface area contributed by atoms with Crippen LogP contribution in [-0.2, 0) is 6.61 Å². The van der Waals surface area contributed by atoms with E-state index in [4.69, 9.17) is 0 Å². The van der Waals surface area contributed by atoms with Crippen LogP contribution in [0.2, 0.25) is 0 Å². The molecule has 0 bridgehead atoms. The lowest BCUT2D eigenvalue weighted by Crippen LogP contribution is -2.47. The van der Waals surface area contributed by atoms with E-state index in [9.17, 15) is 15.2 Å². The number of nitro groups is 1. The van der Waals surface area contributed by atoms with Crippen LogP contribution in [0, 0.1) is 17.0 Å². The average Bonchev–Trinajstić information content (AvgIpc) is 2.61. The first kappa shape index (κ1) is 16.1. The standard InChI is InChI=1S/C16H19N5O3/c1-12-17-5-4-16(18-12)20-8-6-19(7-9-20)15-10-13(11-22)2-3-14(15)21(23)24/h2-5,10,22H,6-9,11H2,1H3. The number of nitro benzene ring substituents is 1.